The van der Waals surface area contributed by atoms with Gasteiger partial charge in [-0.05, 0) is 37.8 Å². The first-order chi connectivity index (χ1) is 11.1. The predicted octanol–water partition coefficient (Wildman–Crippen LogP) is 1.21. The molecule has 2 aromatic rings. The maximum absolute atomic E-state index is 11.7. The van der Waals surface area contributed by atoms with E-state index in [1.165, 1.54) is 4.68 Å². The van der Waals surface area contributed by atoms with Crippen molar-refractivity contribution in [1.29, 1.82) is 0 Å². The van der Waals surface area contributed by atoms with E-state index in [1.807, 2.05) is 19.1 Å². The lowest BCUT2D eigenvalue weighted by Crippen LogP contribution is -2.37. The Hall–Kier alpha value is -2.44. The number of hydrogen-bond acceptors (Lipinski definition) is 6. The molecule has 0 saturated carbocycles. The second kappa shape index (κ2) is 6.76. The number of anilines is 2. The number of aryl methyl sites for hydroxylation is 2. The van der Waals surface area contributed by atoms with Crippen LogP contribution in [0.2, 0.25) is 0 Å². The van der Waals surface area contributed by atoms with Gasteiger partial charge in [-0.3, -0.25) is 4.79 Å². The molecule has 1 N–H and O–H groups in total. The van der Waals surface area contributed by atoms with Crippen LogP contribution in [-0.2, 0) is 7.05 Å². The second-order valence-corrected chi connectivity index (χ2v) is 6.05. The van der Waals surface area contributed by atoms with Gasteiger partial charge in [0.1, 0.15) is 5.82 Å². The fraction of sp³-hybridized carbons (Fsp3) is 0.500. The first kappa shape index (κ1) is 15.5. The largest absolute Gasteiger partial charge is 0.370 e. The third kappa shape index (κ3) is 3.85. The van der Waals surface area contributed by atoms with Crippen LogP contribution in [0.25, 0.3) is 0 Å². The average molecular weight is 314 g/mol. The normalized spacial score (nSPS) is 15.7. The summed E-state index contributed by atoms with van der Waals surface area (Å²) in [7, 11) is 1.66. The Labute approximate surface area is 135 Å². The molecule has 122 valence electrons. The van der Waals surface area contributed by atoms with Crippen LogP contribution in [0.1, 0.15) is 18.5 Å². The Morgan fingerprint density at radius 2 is 2.04 bits per heavy atom. The summed E-state index contributed by atoms with van der Waals surface area (Å²) in [6.45, 7) is 4.72. The van der Waals surface area contributed by atoms with Crippen LogP contribution >= 0.6 is 0 Å². The summed E-state index contributed by atoms with van der Waals surface area (Å²) < 4.78 is 1.35. The van der Waals surface area contributed by atoms with E-state index in [0.29, 0.717) is 5.92 Å². The Kier molecular flexibility index (Phi) is 4.55. The minimum absolute atomic E-state index is 0.0655. The van der Waals surface area contributed by atoms with Gasteiger partial charge in [0, 0.05) is 32.7 Å². The van der Waals surface area contributed by atoms with Crippen molar-refractivity contribution in [2.24, 2.45) is 13.0 Å². The molecule has 0 radical (unpaired) electrons. The van der Waals surface area contributed by atoms with Crippen LogP contribution in [0.4, 0.5) is 11.5 Å². The first-order valence-electron chi connectivity index (χ1n) is 7.94. The molecule has 1 aliphatic heterocycles. The van der Waals surface area contributed by atoms with Crippen molar-refractivity contribution >= 4 is 11.5 Å². The van der Waals surface area contributed by atoms with Crippen LogP contribution in [0, 0.1) is 12.8 Å². The average Bonchev–Trinajstić information content (AvgIpc) is 2.57. The van der Waals surface area contributed by atoms with Gasteiger partial charge < -0.3 is 10.2 Å². The number of nitrogens with zero attached hydrogens (tertiary/aromatic N) is 5. The van der Waals surface area contributed by atoms with Gasteiger partial charge in [-0.25, -0.2) is 4.68 Å². The van der Waals surface area contributed by atoms with E-state index in [0.717, 1.165) is 49.7 Å². The van der Waals surface area contributed by atoms with Gasteiger partial charge in [0.05, 0.1) is 17.6 Å². The summed E-state index contributed by atoms with van der Waals surface area (Å²) in [5.41, 5.74) is 1.78. The van der Waals surface area contributed by atoms with Crippen molar-refractivity contribution in [2.75, 3.05) is 29.9 Å². The molecule has 23 heavy (non-hydrogen) atoms. The Bertz CT molecular complexity index is 703. The lowest BCUT2D eigenvalue weighted by molar-refractivity contribution is 0.422. The summed E-state index contributed by atoms with van der Waals surface area (Å²) in [6, 6.07) is 5.58. The van der Waals surface area contributed by atoms with Crippen LogP contribution in [-0.4, -0.2) is 39.6 Å². The maximum atomic E-state index is 11.7. The Morgan fingerprint density at radius 3 is 2.70 bits per heavy atom. The number of rotatable bonds is 4. The van der Waals surface area contributed by atoms with Crippen LogP contribution in [0.3, 0.4) is 0 Å². The van der Waals surface area contributed by atoms with Gasteiger partial charge in [-0.2, -0.15) is 10.2 Å². The molecule has 0 atom stereocenters. The van der Waals surface area contributed by atoms with Gasteiger partial charge in [0.2, 0.25) is 0 Å². The highest BCUT2D eigenvalue weighted by Gasteiger charge is 2.20. The molecule has 1 aliphatic rings. The predicted molar refractivity (Wildman–Crippen MR) is 89.7 cm³/mol. The lowest BCUT2D eigenvalue weighted by Gasteiger charge is -2.33. The molecule has 0 amide bonds. The molecule has 1 saturated heterocycles. The number of hydrogen-bond donors (Lipinski definition) is 1. The molecular weight excluding hydrogens is 292 g/mol. The fourth-order valence-electron chi connectivity index (χ4n) is 2.77. The quantitative estimate of drug-likeness (QED) is 0.914. The van der Waals surface area contributed by atoms with Crippen molar-refractivity contribution in [2.45, 2.75) is 19.8 Å². The van der Waals surface area contributed by atoms with Crippen molar-refractivity contribution in [3.05, 3.63) is 40.4 Å². The molecule has 0 aliphatic carbocycles. The second-order valence-electron chi connectivity index (χ2n) is 6.05. The van der Waals surface area contributed by atoms with Crippen molar-refractivity contribution in [3.63, 3.8) is 0 Å². The molecule has 7 heteroatoms. The van der Waals surface area contributed by atoms with Crippen molar-refractivity contribution in [3.8, 4) is 0 Å². The molecule has 0 spiro atoms. The Morgan fingerprint density at radius 1 is 1.26 bits per heavy atom. The fourth-order valence-corrected chi connectivity index (χ4v) is 2.77. The monoisotopic (exact) mass is 314 g/mol. The van der Waals surface area contributed by atoms with E-state index in [9.17, 15) is 4.79 Å². The van der Waals surface area contributed by atoms with Gasteiger partial charge in [-0.15, -0.1) is 5.10 Å². The van der Waals surface area contributed by atoms with E-state index in [1.54, 1.807) is 19.3 Å². The number of nitrogens with one attached hydrogen (secondary N) is 1. The highest BCUT2D eigenvalue weighted by Crippen LogP contribution is 2.22. The molecule has 1 fully saturated rings. The molecule has 3 rings (SSSR count). The lowest BCUT2D eigenvalue weighted by atomic mass is 9.96. The van der Waals surface area contributed by atoms with Gasteiger partial charge >= 0.3 is 0 Å². The van der Waals surface area contributed by atoms with Crippen molar-refractivity contribution in [1.82, 2.24) is 20.0 Å². The van der Waals surface area contributed by atoms with E-state index < -0.39 is 0 Å². The number of aromatic nitrogens is 4. The summed E-state index contributed by atoms with van der Waals surface area (Å²) in [4.78, 5) is 13.9. The zero-order valence-corrected chi connectivity index (χ0v) is 13.6. The smallest absolute Gasteiger partial charge is 0.268 e. The van der Waals surface area contributed by atoms with Crippen LogP contribution in [0.15, 0.2) is 29.2 Å². The SMILES string of the molecule is Cc1ccc(NCC2CCN(c3cnn(C)c(=O)c3)CC2)nn1. The van der Waals surface area contributed by atoms with Crippen LogP contribution in [0.5, 0.6) is 0 Å². The van der Waals surface area contributed by atoms with E-state index >= 15 is 0 Å². The molecule has 2 aromatic heterocycles. The van der Waals surface area contributed by atoms with Gasteiger partial charge in [0.25, 0.3) is 5.56 Å². The first-order valence-corrected chi connectivity index (χ1v) is 7.94. The van der Waals surface area contributed by atoms with E-state index in [2.05, 4.69) is 25.5 Å². The zero-order valence-electron chi connectivity index (χ0n) is 13.6. The summed E-state index contributed by atoms with van der Waals surface area (Å²) >= 11 is 0. The highest BCUT2D eigenvalue weighted by atomic mass is 16.1. The maximum Gasteiger partial charge on any atom is 0.268 e. The molecule has 0 bridgehead atoms. The standard InChI is InChI=1S/C16H22N6O/c1-12-3-4-15(20-19-12)17-10-13-5-7-22(8-6-13)14-9-16(23)21(2)18-11-14/h3-4,9,11,13H,5-8,10H2,1-2H3,(H,17,20). The van der Waals surface area contributed by atoms with Crippen LogP contribution < -0.4 is 15.8 Å². The topological polar surface area (TPSA) is 75.9 Å². The summed E-state index contributed by atoms with van der Waals surface area (Å²) in [5, 5.41) is 15.6. The molecular formula is C16H22N6O. The van der Waals surface area contributed by atoms with Gasteiger partial charge in [0.15, 0.2) is 0 Å². The summed E-state index contributed by atoms with van der Waals surface area (Å²) in [6.07, 6.45) is 3.94. The zero-order chi connectivity index (χ0) is 16.2. The Balaban J connectivity index is 1.51. The third-order valence-corrected chi connectivity index (χ3v) is 4.30. The minimum Gasteiger partial charge on any atom is -0.370 e. The van der Waals surface area contributed by atoms with Gasteiger partial charge in [-0.1, -0.05) is 0 Å². The molecule has 0 unspecified atom stereocenters. The minimum atomic E-state index is -0.0655. The third-order valence-electron chi connectivity index (χ3n) is 4.30. The highest BCUT2D eigenvalue weighted by molar-refractivity contribution is 5.43. The molecule has 0 aromatic carbocycles. The molecule has 7 nitrogen and oxygen atoms in total. The van der Waals surface area contributed by atoms with E-state index in [-0.39, 0.29) is 5.56 Å². The van der Waals surface area contributed by atoms with Crippen molar-refractivity contribution < 1.29 is 0 Å². The number of piperidine rings is 1. The van der Waals surface area contributed by atoms with E-state index in [4.69, 9.17) is 0 Å². The molecule has 3 heterocycles. The summed E-state index contributed by atoms with van der Waals surface area (Å²) in [5.74, 6) is 1.43.